The number of benzene rings is 2. The zero-order valence-electron chi connectivity index (χ0n) is 11.4. The molecule has 20 heavy (non-hydrogen) atoms. The van der Waals surface area contributed by atoms with Gasteiger partial charge in [0.15, 0.2) is 0 Å². The zero-order chi connectivity index (χ0) is 14.1. The summed E-state index contributed by atoms with van der Waals surface area (Å²) in [6.07, 6.45) is 1.17. The van der Waals surface area contributed by atoms with E-state index in [0.717, 1.165) is 16.3 Å². The number of hydrogen-bond acceptors (Lipinski definition) is 1. The van der Waals surface area contributed by atoms with Crippen LogP contribution in [0, 0.1) is 5.92 Å². The molecule has 1 aliphatic heterocycles. The van der Waals surface area contributed by atoms with Gasteiger partial charge >= 0.3 is 0 Å². The Kier molecular flexibility index (Phi) is 4.18. The molecule has 2 aromatic carbocycles. The van der Waals surface area contributed by atoms with E-state index in [-0.39, 0.29) is 0 Å². The first kappa shape index (κ1) is 14.2. The maximum Gasteiger partial charge on any atom is 0.0463 e. The molecule has 104 valence electrons. The molecule has 0 saturated heterocycles. The third-order valence-electron chi connectivity index (χ3n) is 3.83. The SMILES string of the molecule is CC1Cc2ccccc2N(c2cc(Br)ccc2CBr)C1. The molecule has 0 fully saturated rings. The largest absolute Gasteiger partial charge is 0.341 e. The Morgan fingerprint density at radius 2 is 1.95 bits per heavy atom. The summed E-state index contributed by atoms with van der Waals surface area (Å²) in [5.74, 6) is 0.673. The van der Waals surface area contributed by atoms with E-state index in [9.17, 15) is 0 Å². The average Bonchev–Trinajstić information content (AvgIpc) is 2.46. The third kappa shape index (κ3) is 2.66. The predicted octanol–water partition coefficient (Wildman–Crippen LogP) is 5.67. The van der Waals surface area contributed by atoms with Gasteiger partial charge in [0.05, 0.1) is 0 Å². The second-order valence-corrected chi connectivity index (χ2v) is 6.93. The van der Waals surface area contributed by atoms with Gasteiger partial charge in [0.1, 0.15) is 0 Å². The molecular weight excluding hydrogens is 378 g/mol. The maximum absolute atomic E-state index is 3.61. The molecular formula is C17H17Br2N. The van der Waals surface area contributed by atoms with Crippen LogP contribution >= 0.6 is 31.9 Å². The van der Waals surface area contributed by atoms with Crippen LogP contribution in [0.15, 0.2) is 46.9 Å². The van der Waals surface area contributed by atoms with E-state index in [1.165, 1.54) is 28.9 Å². The van der Waals surface area contributed by atoms with Crippen molar-refractivity contribution in [3.8, 4) is 0 Å². The Morgan fingerprint density at radius 1 is 1.15 bits per heavy atom. The monoisotopic (exact) mass is 393 g/mol. The number of fused-ring (bicyclic) bond motifs is 1. The maximum atomic E-state index is 3.61. The van der Waals surface area contributed by atoms with Crippen molar-refractivity contribution in [1.82, 2.24) is 0 Å². The summed E-state index contributed by atoms with van der Waals surface area (Å²) in [6, 6.07) is 15.3. The smallest absolute Gasteiger partial charge is 0.0463 e. The van der Waals surface area contributed by atoms with Crippen molar-refractivity contribution in [2.75, 3.05) is 11.4 Å². The van der Waals surface area contributed by atoms with Crippen molar-refractivity contribution < 1.29 is 0 Å². The number of rotatable bonds is 2. The second kappa shape index (κ2) is 5.90. The van der Waals surface area contributed by atoms with Crippen molar-refractivity contribution in [3.63, 3.8) is 0 Å². The van der Waals surface area contributed by atoms with Crippen LogP contribution in [-0.2, 0) is 11.8 Å². The lowest BCUT2D eigenvalue weighted by Gasteiger charge is -2.36. The predicted molar refractivity (Wildman–Crippen MR) is 93.1 cm³/mol. The van der Waals surface area contributed by atoms with Crippen LogP contribution in [0.4, 0.5) is 11.4 Å². The topological polar surface area (TPSA) is 3.24 Å². The first-order valence-corrected chi connectivity index (χ1v) is 8.80. The highest BCUT2D eigenvalue weighted by Gasteiger charge is 2.24. The van der Waals surface area contributed by atoms with Crippen molar-refractivity contribution in [2.45, 2.75) is 18.7 Å². The fraction of sp³-hybridized carbons (Fsp3) is 0.294. The molecule has 2 aromatic rings. The van der Waals surface area contributed by atoms with E-state index >= 15 is 0 Å². The standard InChI is InChI=1S/C17H17Br2N/c1-12-8-13-4-2-3-5-16(13)20(11-12)17-9-15(19)7-6-14(17)10-18/h2-7,9,12H,8,10-11H2,1H3. The van der Waals surface area contributed by atoms with Crippen LogP contribution in [0.25, 0.3) is 0 Å². The highest BCUT2D eigenvalue weighted by Crippen LogP contribution is 2.38. The van der Waals surface area contributed by atoms with Crippen LogP contribution in [0.2, 0.25) is 0 Å². The number of alkyl halides is 1. The molecule has 0 radical (unpaired) electrons. The van der Waals surface area contributed by atoms with Gasteiger partial charge in [-0.1, -0.05) is 63.0 Å². The number of halogens is 2. The molecule has 1 heterocycles. The van der Waals surface area contributed by atoms with Crippen molar-refractivity contribution in [3.05, 3.63) is 58.1 Å². The molecule has 3 rings (SSSR count). The molecule has 0 aromatic heterocycles. The molecule has 0 spiro atoms. The van der Waals surface area contributed by atoms with Gasteiger partial charge < -0.3 is 4.90 Å². The summed E-state index contributed by atoms with van der Waals surface area (Å²) in [4.78, 5) is 2.46. The van der Waals surface area contributed by atoms with Crippen LogP contribution in [0.3, 0.4) is 0 Å². The molecule has 1 atom stereocenters. The molecule has 1 unspecified atom stereocenters. The van der Waals surface area contributed by atoms with Gasteiger partial charge in [-0.15, -0.1) is 0 Å². The normalized spacial score (nSPS) is 17.9. The van der Waals surface area contributed by atoms with Gasteiger partial charge in [-0.2, -0.15) is 0 Å². The van der Waals surface area contributed by atoms with Gasteiger partial charge in [-0.25, -0.2) is 0 Å². The van der Waals surface area contributed by atoms with Gasteiger partial charge in [0, 0.05) is 27.7 Å². The Balaban J connectivity index is 2.13. The summed E-state index contributed by atoms with van der Waals surface area (Å²) in [5.41, 5.74) is 5.44. The Hall–Kier alpha value is -0.800. The number of anilines is 2. The van der Waals surface area contributed by atoms with Gasteiger partial charge in [0.2, 0.25) is 0 Å². The minimum absolute atomic E-state index is 0.673. The van der Waals surface area contributed by atoms with Crippen molar-refractivity contribution in [2.24, 2.45) is 5.92 Å². The lowest BCUT2D eigenvalue weighted by Crippen LogP contribution is -2.31. The molecule has 0 amide bonds. The first-order valence-electron chi connectivity index (χ1n) is 6.89. The van der Waals surface area contributed by atoms with Crippen LogP contribution in [-0.4, -0.2) is 6.54 Å². The van der Waals surface area contributed by atoms with Gasteiger partial charge in [-0.3, -0.25) is 0 Å². The third-order valence-corrected chi connectivity index (χ3v) is 4.92. The van der Waals surface area contributed by atoms with E-state index < -0.39 is 0 Å². The fourth-order valence-electron chi connectivity index (χ4n) is 2.93. The number of nitrogens with zero attached hydrogens (tertiary/aromatic N) is 1. The Labute approximate surface area is 137 Å². The van der Waals surface area contributed by atoms with E-state index in [1.54, 1.807) is 0 Å². The van der Waals surface area contributed by atoms with Gasteiger partial charge in [0.25, 0.3) is 0 Å². The quantitative estimate of drug-likeness (QED) is 0.592. The molecule has 0 N–H and O–H groups in total. The second-order valence-electron chi connectivity index (χ2n) is 5.46. The van der Waals surface area contributed by atoms with E-state index in [1.807, 2.05) is 0 Å². The molecule has 0 bridgehead atoms. The minimum atomic E-state index is 0.673. The summed E-state index contributed by atoms with van der Waals surface area (Å²) in [5, 5.41) is 0.878. The molecule has 3 heteroatoms. The zero-order valence-corrected chi connectivity index (χ0v) is 14.6. The molecule has 1 nitrogen and oxygen atoms in total. The average molecular weight is 395 g/mol. The highest BCUT2D eigenvalue weighted by molar-refractivity contribution is 9.10. The number of para-hydroxylation sites is 1. The van der Waals surface area contributed by atoms with Crippen LogP contribution in [0.1, 0.15) is 18.1 Å². The summed E-state index contributed by atoms with van der Waals surface area (Å²) < 4.78 is 1.13. The fourth-order valence-corrected chi connectivity index (χ4v) is 3.75. The minimum Gasteiger partial charge on any atom is -0.341 e. The summed E-state index contributed by atoms with van der Waals surface area (Å²) >= 11 is 7.22. The van der Waals surface area contributed by atoms with Crippen molar-refractivity contribution in [1.29, 1.82) is 0 Å². The van der Waals surface area contributed by atoms with Gasteiger partial charge in [-0.05, 0) is 41.7 Å². The lowest BCUT2D eigenvalue weighted by atomic mass is 9.93. The molecule has 0 saturated carbocycles. The van der Waals surface area contributed by atoms with Crippen molar-refractivity contribution >= 4 is 43.2 Å². The number of hydrogen-bond donors (Lipinski definition) is 0. The highest BCUT2D eigenvalue weighted by atomic mass is 79.9. The van der Waals surface area contributed by atoms with E-state index in [4.69, 9.17) is 0 Å². The molecule has 1 aliphatic rings. The summed E-state index contributed by atoms with van der Waals surface area (Å²) in [7, 11) is 0. The lowest BCUT2D eigenvalue weighted by molar-refractivity contribution is 0.562. The van der Waals surface area contributed by atoms with E-state index in [0.29, 0.717) is 5.92 Å². The van der Waals surface area contributed by atoms with E-state index in [2.05, 4.69) is 86.1 Å². The molecule has 0 aliphatic carbocycles. The van der Waals surface area contributed by atoms with Crippen LogP contribution < -0.4 is 4.90 Å². The summed E-state index contributed by atoms with van der Waals surface area (Å²) in [6.45, 7) is 3.40. The Bertz CT molecular complexity index is 624. The first-order chi connectivity index (χ1) is 9.69. The Morgan fingerprint density at radius 3 is 2.75 bits per heavy atom. The van der Waals surface area contributed by atoms with Crippen LogP contribution in [0.5, 0.6) is 0 Å².